The average Bonchev–Trinajstić information content (AvgIpc) is 3.36. The summed E-state index contributed by atoms with van der Waals surface area (Å²) in [5, 5.41) is 14.1. The minimum atomic E-state index is -4.32. The third kappa shape index (κ3) is 59.2. The number of amides is 1. The first-order chi connectivity index (χ1) is 36.0. The average molecular weight is 1070 g/mol. The summed E-state index contributed by atoms with van der Waals surface area (Å²) in [4.78, 5) is 23.4. The second-order valence-electron chi connectivity index (χ2n) is 24.6. The second-order valence-corrected chi connectivity index (χ2v) is 26.0. The fourth-order valence-corrected chi connectivity index (χ4v) is 11.4. The molecule has 3 atom stereocenters. The summed E-state index contributed by atoms with van der Waals surface area (Å²) >= 11 is 0. The fraction of sp³-hybridized carbons (Fsp3) is 0.985. The lowest BCUT2D eigenvalue weighted by molar-refractivity contribution is -0.870. The predicted octanol–water partition coefficient (Wildman–Crippen LogP) is 20.8. The van der Waals surface area contributed by atoms with Crippen LogP contribution in [0.3, 0.4) is 0 Å². The number of likely N-dealkylation sites (N-methyl/N-ethyl adjacent to an activating group) is 1. The van der Waals surface area contributed by atoms with Crippen LogP contribution in [0.2, 0.25) is 0 Å². The van der Waals surface area contributed by atoms with Gasteiger partial charge in [0.25, 0.3) is 0 Å². The smallest absolute Gasteiger partial charge is 0.391 e. The Morgan fingerprint density at radius 2 is 0.649 bits per heavy atom. The Labute approximate surface area is 463 Å². The van der Waals surface area contributed by atoms with Crippen molar-refractivity contribution in [3.05, 3.63) is 0 Å². The molecule has 1 amide bonds. The van der Waals surface area contributed by atoms with Crippen molar-refractivity contribution in [2.45, 2.75) is 373 Å². The van der Waals surface area contributed by atoms with Crippen molar-refractivity contribution < 1.29 is 32.9 Å². The maximum atomic E-state index is 13.1. The van der Waals surface area contributed by atoms with Gasteiger partial charge < -0.3 is 19.8 Å². The third-order valence-electron chi connectivity index (χ3n) is 15.9. The highest BCUT2D eigenvalue weighted by Crippen LogP contribution is 2.43. The molecule has 0 aliphatic rings. The predicted molar refractivity (Wildman–Crippen MR) is 323 cm³/mol. The number of phosphoric ester groups is 1. The first-order valence-corrected chi connectivity index (χ1v) is 34.9. The molecular weight excluding hydrogens is 936 g/mol. The maximum absolute atomic E-state index is 13.1. The number of carbonyl (C=O) groups excluding carboxylic acids is 1. The van der Waals surface area contributed by atoms with Crippen LogP contribution in [0.4, 0.5) is 0 Å². The highest BCUT2D eigenvalue weighted by molar-refractivity contribution is 7.47. The van der Waals surface area contributed by atoms with E-state index in [1.54, 1.807) is 0 Å². The number of nitrogens with one attached hydrogen (secondary N) is 1. The van der Waals surface area contributed by atoms with Gasteiger partial charge in [-0.15, -0.1) is 0 Å². The Morgan fingerprint density at radius 1 is 0.405 bits per heavy atom. The van der Waals surface area contributed by atoms with Crippen LogP contribution in [0.25, 0.3) is 0 Å². The highest BCUT2D eigenvalue weighted by atomic mass is 31.2. The summed E-state index contributed by atoms with van der Waals surface area (Å²) in [6.45, 7) is 4.96. The van der Waals surface area contributed by atoms with Gasteiger partial charge in [0.05, 0.1) is 39.9 Å². The number of rotatable bonds is 63. The molecule has 3 unspecified atom stereocenters. The van der Waals surface area contributed by atoms with Crippen LogP contribution in [0.1, 0.15) is 361 Å². The number of hydrogen-bond acceptors (Lipinski definition) is 5. The first-order valence-electron chi connectivity index (χ1n) is 33.4. The van der Waals surface area contributed by atoms with Gasteiger partial charge in [0.15, 0.2) is 0 Å². The van der Waals surface area contributed by atoms with Gasteiger partial charge in [0.2, 0.25) is 5.91 Å². The fourth-order valence-electron chi connectivity index (χ4n) is 10.6. The molecule has 0 rings (SSSR count). The standard InChI is InChI=1S/C65H133N2O6P/c1-6-8-10-12-14-16-18-20-22-24-26-28-30-31-32-33-34-35-36-37-39-41-43-45-47-49-51-53-55-57-59-65(69)66-63(62-73-74(70,71)72-61-60-67(3,4)5)64(68)58-56-54-52-50-48-46-44-42-40-38-29-27-25-23-21-19-17-15-13-11-9-7-2/h63-64,68H,6-62H2,1-5H3,(H-,66,69,70,71)/p+1. The molecule has 0 aromatic heterocycles. The van der Waals surface area contributed by atoms with Crippen LogP contribution in [-0.2, 0) is 18.4 Å². The normalized spacial score (nSPS) is 13.7. The lowest BCUT2D eigenvalue weighted by Gasteiger charge is -2.26. The van der Waals surface area contributed by atoms with Crippen molar-refractivity contribution in [2.24, 2.45) is 0 Å². The van der Waals surface area contributed by atoms with Gasteiger partial charge in [-0.3, -0.25) is 13.8 Å². The van der Waals surface area contributed by atoms with Crippen molar-refractivity contribution >= 4 is 13.7 Å². The number of nitrogens with zero attached hydrogens (tertiary/aromatic N) is 1. The molecule has 0 aliphatic heterocycles. The summed E-state index contributed by atoms with van der Waals surface area (Å²) in [5.74, 6) is -0.134. The summed E-state index contributed by atoms with van der Waals surface area (Å²) < 4.78 is 23.9. The Balaban J connectivity index is 4.00. The number of aliphatic hydroxyl groups excluding tert-OH is 1. The van der Waals surface area contributed by atoms with E-state index < -0.39 is 20.0 Å². The number of hydrogen-bond donors (Lipinski definition) is 3. The summed E-state index contributed by atoms with van der Waals surface area (Å²) in [6, 6.07) is -0.756. The van der Waals surface area contributed by atoms with Gasteiger partial charge in [-0.05, 0) is 12.8 Å². The van der Waals surface area contributed by atoms with Gasteiger partial charge in [-0.1, -0.05) is 341 Å². The number of carbonyl (C=O) groups is 1. The molecular formula is C65H134N2O6P+. The van der Waals surface area contributed by atoms with Crippen LogP contribution >= 0.6 is 7.82 Å². The van der Waals surface area contributed by atoms with E-state index in [2.05, 4.69) is 19.2 Å². The van der Waals surface area contributed by atoms with Crippen LogP contribution in [0, 0.1) is 0 Å². The zero-order valence-electron chi connectivity index (χ0n) is 50.9. The molecule has 0 aliphatic carbocycles. The number of unbranched alkanes of at least 4 members (excludes halogenated alkanes) is 50. The van der Waals surface area contributed by atoms with Crippen molar-refractivity contribution in [1.82, 2.24) is 5.32 Å². The lowest BCUT2D eigenvalue weighted by Crippen LogP contribution is -2.46. The van der Waals surface area contributed by atoms with E-state index in [0.29, 0.717) is 23.9 Å². The molecule has 9 heteroatoms. The second kappa shape index (κ2) is 57.2. The minimum Gasteiger partial charge on any atom is -0.391 e. The molecule has 0 saturated heterocycles. The Kier molecular flexibility index (Phi) is 56.8. The quantitative estimate of drug-likeness (QED) is 0.0318. The van der Waals surface area contributed by atoms with E-state index >= 15 is 0 Å². The van der Waals surface area contributed by atoms with Crippen molar-refractivity contribution in [3.8, 4) is 0 Å². The Bertz CT molecular complexity index is 1170. The number of phosphoric acid groups is 1. The molecule has 0 spiro atoms. The summed E-state index contributed by atoms with van der Waals surface area (Å²) in [6.07, 6.45) is 70.5. The molecule has 0 saturated carbocycles. The third-order valence-corrected chi connectivity index (χ3v) is 16.8. The highest BCUT2D eigenvalue weighted by Gasteiger charge is 2.28. The summed E-state index contributed by atoms with van der Waals surface area (Å²) in [7, 11) is 1.64. The zero-order chi connectivity index (χ0) is 54.2. The summed E-state index contributed by atoms with van der Waals surface area (Å²) in [5.41, 5.74) is 0. The van der Waals surface area contributed by atoms with Gasteiger partial charge >= 0.3 is 7.82 Å². The molecule has 3 N–H and O–H groups in total. The maximum Gasteiger partial charge on any atom is 0.472 e. The van der Waals surface area contributed by atoms with E-state index in [9.17, 15) is 19.4 Å². The van der Waals surface area contributed by atoms with Crippen molar-refractivity contribution in [3.63, 3.8) is 0 Å². The van der Waals surface area contributed by atoms with Crippen LogP contribution in [-0.4, -0.2) is 73.4 Å². The van der Waals surface area contributed by atoms with Gasteiger partial charge in [0, 0.05) is 6.42 Å². The van der Waals surface area contributed by atoms with Gasteiger partial charge in [-0.25, -0.2) is 4.57 Å². The molecule has 0 aromatic carbocycles. The molecule has 74 heavy (non-hydrogen) atoms. The molecule has 0 fully saturated rings. The SMILES string of the molecule is CCCCCCCCCCCCCCCCCCCCCCCCCCCCCCCCC(=O)NC(COP(=O)(O)OCC[N+](C)(C)C)C(O)CCCCCCCCCCCCCCCCCCCCCCCC. The van der Waals surface area contributed by atoms with Gasteiger partial charge in [-0.2, -0.15) is 0 Å². The van der Waals surface area contributed by atoms with E-state index in [1.165, 1.54) is 295 Å². The molecule has 0 aromatic rings. The zero-order valence-corrected chi connectivity index (χ0v) is 51.8. The monoisotopic (exact) mass is 1070 g/mol. The molecule has 444 valence electrons. The number of aliphatic hydroxyl groups is 1. The Morgan fingerprint density at radius 3 is 0.905 bits per heavy atom. The van der Waals surface area contributed by atoms with Crippen molar-refractivity contribution in [1.29, 1.82) is 0 Å². The number of quaternary nitrogens is 1. The topological polar surface area (TPSA) is 105 Å². The Hall–Kier alpha value is -0.500. The van der Waals surface area contributed by atoms with Crippen LogP contribution < -0.4 is 5.32 Å². The first kappa shape index (κ1) is 73.5. The van der Waals surface area contributed by atoms with Crippen LogP contribution in [0.5, 0.6) is 0 Å². The lowest BCUT2D eigenvalue weighted by atomic mass is 10.0. The van der Waals surface area contributed by atoms with E-state index in [4.69, 9.17) is 9.05 Å². The molecule has 8 nitrogen and oxygen atoms in total. The van der Waals surface area contributed by atoms with E-state index in [0.717, 1.165) is 38.5 Å². The van der Waals surface area contributed by atoms with Crippen LogP contribution in [0.15, 0.2) is 0 Å². The van der Waals surface area contributed by atoms with Crippen molar-refractivity contribution in [2.75, 3.05) is 40.9 Å². The molecule has 0 radical (unpaired) electrons. The largest absolute Gasteiger partial charge is 0.472 e. The minimum absolute atomic E-state index is 0.0794. The molecule has 0 bridgehead atoms. The van der Waals surface area contributed by atoms with Gasteiger partial charge in [0.1, 0.15) is 13.2 Å². The van der Waals surface area contributed by atoms with E-state index in [1.807, 2.05) is 21.1 Å². The molecule has 0 heterocycles. The van der Waals surface area contributed by atoms with E-state index in [-0.39, 0.29) is 19.1 Å².